The van der Waals surface area contributed by atoms with Crippen LogP contribution in [0.1, 0.15) is 19.8 Å². The first-order valence-electron chi connectivity index (χ1n) is 7.35. The zero-order chi connectivity index (χ0) is 14.8. The van der Waals surface area contributed by atoms with Gasteiger partial charge in [0.15, 0.2) is 0 Å². The highest BCUT2D eigenvalue weighted by molar-refractivity contribution is 5.86. The average Bonchev–Trinajstić information content (AvgIpc) is 3.00. The van der Waals surface area contributed by atoms with E-state index in [-0.39, 0.29) is 11.9 Å². The van der Waals surface area contributed by atoms with Crippen molar-refractivity contribution in [1.29, 1.82) is 0 Å². The summed E-state index contributed by atoms with van der Waals surface area (Å²) in [5, 5.41) is 4.19. The Balaban J connectivity index is 1.74. The van der Waals surface area contributed by atoms with Gasteiger partial charge in [-0.25, -0.2) is 4.98 Å². The Kier molecular flexibility index (Phi) is 3.64. The van der Waals surface area contributed by atoms with Crippen LogP contribution in [0.3, 0.4) is 0 Å². The molecule has 1 aliphatic rings. The number of hydrogen-bond acceptors (Lipinski definition) is 4. The molecule has 0 spiro atoms. The summed E-state index contributed by atoms with van der Waals surface area (Å²) in [5.74, 6) is 0.860. The van der Waals surface area contributed by atoms with Gasteiger partial charge in [0.25, 0.3) is 0 Å². The Morgan fingerprint density at radius 2 is 2.05 bits per heavy atom. The van der Waals surface area contributed by atoms with E-state index >= 15 is 0 Å². The topological polar surface area (TPSA) is 71.2 Å². The number of hydrogen-bond donors (Lipinski definition) is 2. The molecule has 21 heavy (non-hydrogen) atoms. The summed E-state index contributed by atoms with van der Waals surface area (Å²) in [6.07, 6.45) is 2.21. The molecule has 1 fully saturated rings. The maximum Gasteiger partial charge on any atom is 0.244 e. The van der Waals surface area contributed by atoms with Crippen LogP contribution in [-0.2, 0) is 4.79 Å². The predicted molar refractivity (Wildman–Crippen MR) is 85.1 cm³/mol. The lowest BCUT2D eigenvalue weighted by Gasteiger charge is -2.21. The van der Waals surface area contributed by atoms with E-state index < -0.39 is 0 Å². The van der Waals surface area contributed by atoms with E-state index in [0.717, 1.165) is 42.5 Å². The summed E-state index contributed by atoms with van der Waals surface area (Å²) in [4.78, 5) is 18.7. The molecule has 3 rings (SSSR count). The van der Waals surface area contributed by atoms with E-state index in [9.17, 15) is 4.79 Å². The molecule has 5 heteroatoms. The largest absolute Gasteiger partial charge is 0.399 e. The van der Waals surface area contributed by atoms with Crippen molar-refractivity contribution < 1.29 is 4.79 Å². The lowest BCUT2D eigenvalue weighted by molar-refractivity contribution is -0.130. The minimum atomic E-state index is -0.262. The number of nitrogen functional groups attached to an aromatic ring is 1. The lowest BCUT2D eigenvalue weighted by atomic mass is 10.2. The van der Waals surface area contributed by atoms with Crippen molar-refractivity contribution in [3.8, 4) is 0 Å². The van der Waals surface area contributed by atoms with Gasteiger partial charge >= 0.3 is 0 Å². The van der Waals surface area contributed by atoms with E-state index in [4.69, 9.17) is 5.73 Å². The van der Waals surface area contributed by atoms with Crippen molar-refractivity contribution >= 4 is 28.3 Å². The molecule has 1 aromatic heterocycles. The average molecular weight is 284 g/mol. The van der Waals surface area contributed by atoms with Gasteiger partial charge in [-0.2, -0.15) is 0 Å². The molecule has 1 unspecified atom stereocenters. The van der Waals surface area contributed by atoms with Crippen molar-refractivity contribution in [3.63, 3.8) is 0 Å². The number of pyridine rings is 1. The number of rotatable bonds is 3. The molecule has 1 aliphatic heterocycles. The molecule has 1 atom stereocenters. The van der Waals surface area contributed by atoms with Crippen LogP contribution in [0.4, 0.5) is 11.5 Å². The number of benzene rings is 1. The first-order valence-corrected chi connectivity index (χ1v) is 7.35. The number of aromatic nitrogens is 1. The number of fused-ring (bicyclic) bond motifs is 1. The molecule has 1 saturated heterocycles. The van der Waals surface area contributed by atoms with Crippen LogP contribution in [0.5, 0.6) is 0 Å². The van der Waals surface area contributed by atoms with E-state index in [2.05, 4.69) is 10.3 Å². The molecule has 3 N–H and O–H groups in total. The van der Waals surface area contributed by atoms with Gasteiger partial charge in [-0.3, -0.25) is 4.79 Å². The van der Waals surface area contributed by atoms with E-state index in [1.807, 2.05) is 42.2 Å². The summed E-state index contributed by atoms with van der Waals surface area (Å²) in [6.45, 7) is 3.63. The van der Waals surface area contributed by atoms with Crippen molar-refractivity contribution in [1.82, 2.24) is 9.88 Å². The first-order chi connectivity index (χ1) is 10.1. The number of amides is 1. The number of carbonyl (C=O) groups is 1. The SMILES string of the molecule is CC(Nc1ccc2cc(N)ccc2n1)C(=O)N1CCCC1. The Labute approximate surface area is 124 Å². The number of carbonyl (C=O) groups excluding carboxylic acids is 1. The van der Waals surface area contributed by atoms with Gasteiger partial charge in [-0.1, -0.05) is 0 Å². The Morgan fingerprint density at radius 1 is 1.29 bits per heavy atom. The molecule has 0 radical (unpaired) electrons. The fourth-order valence-corrected chi connectivity index (χ4v) is 2.72. The second-order valence-electron chi connectivity index (χ2n) is 5.55. The number of nitrogens with zero attached hydrogens (tertiary/aromatic N) is 2. The summed E-state index contributed by atoms with van der Waals surface area (Å²) in [7, 11) is 0. The van der Waals surface area contributed by atoms with Crippen LogP contribution in [0.15, 0.2) is 30.3 Å². The minimum absolute atomic E-state index is 0.145. The summed E-state index contributed by atoms with van der Waals surface area (Å²) in [5.41, 5.74) is 7.35. The zero-order valence-corrected chi connectivity index (χ0v) is 12.2. The van der Waals surface area contributed by atoms with Gasteiger partial charge in [0.05, 0.1) is 5.52 Å². The number of nitrogens with two attached hydrogens (primary N) is 1. The molecule has 2 aromatic rings. The molecule has 110 valence electrons. The highest BCUT2D eigenvalue weighted by Gasteiger charge is 2.23. The quantitative estimate of drug-likeness (QED) is 0.848. The van der Waals surface area contributed by atoms with Crippen LogP contribution in [0, 0.1) is 0 Å². The van der Waals surface area contributed by atoms with E-state index in [0.29, 0.717) is 5.82 Å². The van der Waals surface area contributed by atoms with Gasteiger partial charge in [0.1, 0.15) is 11.9 Å². The highest BCUT2D eigenvalue weighted by Crippen LogP contribution is 2.19. The third-order valence-electron chi connectivity index (χ3n) is 3.87. The fraction of sp³-hybridized carbons (Fsp3) is 0.375. The Hall–Kier alpha value is -2.30. The molecular weight excluding hydrogens is 264 g/mol. The van der Waals surface area contributed by atoms with E-state index in [1.54, 1.807) is 0 Å². The molecular formula is C16H20N4O. The van der Waals surface area contributed by atoms with Crippen LogP contribution in [-0.4, -0.2) is 34.9 Å². The number of nitrogens with one attached hydrogen (secondary N) is 1. The Bertz CT molecular complexity index is 664. The number of likely N-dealkylation sites (tertiary alicyclic amines) is 1. The first kappa shape index (κ1) is 13.7. The second-order valence-corrected chi connectivity index (χ2v) is 5.55. The van der Waals surface area contributed by atoms with Crippen molar-refractivity contribution in [2.45, 2.75) is 25.8 Å². The van der Waals surface area contributed by atoms with Crippen LogP contribution in [0.2, 0.25) is 0 Å². The van der Waals surface area contributed by atoms with Crippen LogP contribution < -0.4 is 11.1 Å². The number of anilines is 2. The molecule has 0 bridgehead atoms. The smallest absolute Gasteiger partial charge is 0.244 e. The minimum Gasteiger partial charge on any atom is -0.399 e. The van der Waals surface area contributed by atoms with Crippen LogP contribution in [0.25, 0.3) is 10.9 Å². The molecule has 1 aromatic carbocycles. The highest BCUT2D eigenvalue weighted by atomic mass is 16.2. The van der Waals surface area contributed by atoms with E-state index in [1.165, 1.54) is 0 Å². The summed E-state index contributed by atoms with van der Waals surface area (Å²) < 4.78 is 0. The summed E-state index contributed by atoms with van der Waals surface area (Å²) >= 11 is 0. The van der Waals surface area contributed by atoms with Crippen LogP contribution >= 0.6 is 0 Å². The monoisotopic (exact) mass is 284 g/mol. The third kappa shape index (κ3) is 2.91. The molecule has 0 saturated carbocycles. The van der Waals surface area contributed by atoms with Crippen molar-refractivity contribution in [2.75, 3.05) is 24.1 Å². The maximum atomic E-state index is 12.3. The normalized spacial score (nSPS) is 16.1. The fourth-order valence-electron chi connectivity index (χ4n) is 2.72. The molecule has 1 amide bonds. The van der Waals surface area contributed by atoms with Gasteiger partial charge in [-0.05, 0) is 50.1 Å². The van der Waals surface area contributed by atoms with Gasteiger partial charge in [0.2, 0.25) is 5.91 Å². The molecule has 2 heterocycles. The maximum absolute atomic E-state index is 12.3. The van der Waals surface area contributed by atoms with Gasteiger partial charge in [-0.15, -0.1) is 0 Å². The third-order valence-corrected chi connectivity index (χ3v) is 3.87. The molecule has 0 aliphatic carbocycles. The predicted octanol–water partition coefficient (Wildman–Crippen LogP) is 2.24. The van der Waals surface area contributed by atoms with Crippen molar-refractivity contribution in [3.05, 3.63) is 30.3 Å². The zero-order valence-electron chi connectivity index (χ0n) is 12.2. The Morgan fingerprint density at radius 3 is 2.81 bits per heavy atom. The standard InChI is InChI=1S/C16H20N4O/c1-11(16(21)20-8-2-3-9-20)18-15-7-4-12-10-13(17)5-6-14(12)19-15/h4-7,10-11H,2-3,8-9,17H2,1H3,(H,18,19). The lowest BCUT2D eigenvalue weighted by Crippen LogP contribution is -2.39. The van der Waals surface area contributed by atoms with Gasteiger partial charge in [0, 0.05) is 24.2 Å². The van der Waals surface area contributed by atoms with Crippen molar-refractivity contribution in [2.24, 2.45) is 0 Å². The summed E-state index contributed by atoms with van der Waals surface area (Å²) in [6, 6.07) is 9.21. The molecule has 5 nitrogen and oxygen atoms in total. The second kappa shape index (κ2) is 5.60. The van der Waals surface area contributed by atoms with Gasteiger partial charge < -0.3 is 16.0 Å².